The van der Waals surface area contributed by atoms with Crippen molar-refractivity contribution in [2.75, 3.05) is 23.3 Å². The van der Waals surface area contributed by atoms with Crippen molar-refractivity contribution < 1.29 is 4.79 Å². The largest absolute Gasteiger partial charge is 0.370 e. The van der Waals surface area contributed by atoms with Crippen molar-refractivity contribution in [2.45, 2.75) is 32.2 Å². The zero-order valence-corrected chi connectivity index (χ0v) is 16.2. The molecule has 1 N–H and O–H groups in total. The lowest BCUT2D eigenvalue weighted by atomic mass is 10.1. The van der Waals surface area contributed by atoms with Crippen molar-refractivity contribution in [1.29, 1.82) is 0 Å². The van der Waals surface area contributed by atoms with Crippen LogP contribution in [0.2, 0.25) is 0 Å². The Kier molecular flexibility index (Phi) is 5.19. The Morgan fingerprint density at radius 1 is 0.964 bits per heavy atom. The molecule has 1 aliphatic rings. The molecule has 0 radical (unpaired) electrons. The van der Waals surface area contributed by atoms with Crippen molar-refractivity contribution in [3.05, 3.63) is 59.0 Å². The van der Waals surface area contributed by atoms with Crippen LogP contribution in [-0.2, 0) is 18.4 Å². The first-order chi connectivity index (χ1) is 13.6. The third-order valence-corrected chi connectivity index (χ3v) is 5.49. The van der Waals surface area contributed by atoms with E-state index in [2.05, 4.69) is 16.3 Å². The van der Waals surface area contributed by atoms with Crippen LogP contribution in [0.4, 0.5) is 11.4 Å². The Morgan fingerprint density at radius 3 is 2.43 bits per heavy atom. The summed E-state index contributed by atoms with van der Waals surface area (Å²) in [5.74, 6) is -0.0794. The highest BCUT2D eigenvalue weighted by Gasteiger charge is 2.16. The number of carbonyl (C=O) groups is 1. The summed E-state index contributed by atoms with van der Waals surface area (Å²) in [5.41, 5.74) is 3.57. The minimum atomic E-state index is -0.0947. The van der Waals surface area contributed by atoms with Crippen molar-refractivity contribution >= 4 is 28.3 Å². The lowest BCUT2D eigenvalue weighted by Gasteiger charge is -2.30. The summed E-state index contributed by atoms with van der Waals surface area (Å²) in [5, 5.41) is 3.05. The van der Waals surface area contributed by atoms with Gasteiger partial charge < -0.3 is 10.2 Å². The smallest absolute Gasteiger partial charge is 0.328 e. The molecule has 1 aliphatic heterocycles. The molecule has 1 fully saturated rings. The number of nitrogens with one attached hydrogen (secondary N) is 1. The number of hydrogen-bond donors (Lipinski definition) is 1. The minimum Gasteiger partial charge on any atom is -0.370 e. The number of benzene rings is 2. The average molecular weight is 378 g/mol. The number of para-hydroxylation sites is 4. The van der Waals surface area contributed by atoms with Gasteiger partial charge in [-0.1, -0.05) is 24.3 Å². The molecule has 0 saturated carbocycles. The Bertz CT molecular complexity index is 1040. The van der Waals surface area contributed by atoms with E-state index in [1.165, 1.54) is 19.3 Å². The molecule has 6 heteroatoms. The molecule has 0 bridgehead atoms. The second-order valence-electron chi connectivity index (χ2n) is 7.34. The second-order valence-corrected chi connectivity index (χ2v) is 7.34. The summed E-state index contributed by atoms with van der Waals surface area (Å²) >= 11 is 0. The molecule has 3 aromatic rings. The number of rotatable bonds is 5. The molecular weight excluding hydrogens is 352 g/mol. The number of aryl methyl sites for hydroxylation is 2. The van der Waals surface area contributed by atoms with Crippen LogP contribution in [0.15, 0.2) is 53.3 Å². The maximum atomic E-state index is 12.6. The number of nitrogens with zero attached hydrogens (tertiary/aromatic N) is 3. The number of fused-ring (bicyclic) bond motifs is 1. The van der Waals surface area contributed by atoms with Crippen molar-refractivity contribution in [3.63, 3.8) is 0 Å². The number of amides is 1. The van der Waals surface area contributed by atoms with Gasteiger partial charge in [0.1, 0.15) is 0 Å². The van der Waals surface area contributed by atoms with Gasteiger partial charge in [0, 0.05) is 33.1 Å². The van der Waals surface area contributed by atoms with Gasteiger partial charge in [-0.05, 0) is 43.5 Å². The van der Waals surface area contributed by atoms with E-state index in [0.29, 0.717) is 6.54 Å². The molecule has 1 aromatic heterocycles. The predicted molar refractivity (Wildman–Crippen MR) is 113 cm³/mol. The summed E-state index contributed by atoms with van der Waals surface area (Å²) in [6.45, 7) is 2.41. The highest BCUT2D eigenvalue weighted by atomic mass is 16.2. The first kappa shape index (κ1) is 18.3. The van der Waals surface area contributed by atoms with E-state index in [4.69, 9.17) is 0 Å². The molecule has 0 aliphatic carbocycles. The third-order valence-electron chi connectivity index (χ3n) is 5.49. The fourth-order valence-electron chi connectivity index (χ4n) is 4.00. The van der Waals surface area contributed by atoms with Gasteiger partial charge in [0.25, 0.3) is 0 Å². The van der Waals surface area contributed by atoms with Gasteiger partial charge in [-0.2, -0.15) is 0 Å². The van der Waals surface area contributed by atoms with Gasteiger partial charge in [-0.3, -0.25) is 13.9 Å². The predicted octanol–water partition coefficient (Wildman–Crippen LogP) is 3.36. The second kappa shape index (κ2) is 7.92. The molecule has 0 atom stereocenters. The van der Waals surface area contributed by atoms with E-state index < -0.39 is 0 Å². The van der Waals surface area contributed by atoms with E-state index in [9.17, 15) is 9.59 Å². The molecule has 0 unspecified atom stereocenters. The van der Waals surface area contributed by atoms with E-state index in [1.54, 1.807) is 16.2 Å². The molecular formula is C22H26N4O2. The van der Waals surface area contributed by atoms with Gasteiger partial charge in [-0.15, -0.1) is 0 Å². The van der Waals surface area contributed by atoms with Gasteiger partial charge in [-0.25, -0.2) is 4.79 Å². The Morgan fingerprint density at radius 2 is 1.64 bits per heavy atom. The Balaban J connectivity index is 1.48. The van der Waals surface area contributed by atoms with Crippen LogP contribution in [0.1, 0.15) is 25.7 Å². The minimum absolute atomic E-state index is 0.0794. The quantitative estimate of drug-likeness (QED) is 0.741. The Labute approximate surface area is 164 Å². The molecule has 0 spiro atoms. The maximum Gasteiger partial charge on any atom is 0.328 e. The van der Waals surface area contributed by atoms with E-state index >= 15 is 0 Å². The van der Waals surface area contributed by atoms with Crippen LogP contribution in [0.25, 0.3) is 11.0 Å². The zero-order chi connectivity index (χ0) is 19.5. The van der Waals surface area contributed by atoms with Crippen LogP contribution in [0.5, 0.6) is 0 Å². The van der Waals surface area contributed by atoms with Crippen LogP contribution < -0.4 is 15.9 Å². The first-order valence-corrected chi connectivity index (χ1v) is 9.93. The van der Waals surface area contributed by atoms with Crippen LogP contribution >= 0.6 is 0 Å². The van der Waals surface area contributed by atoms with Gasteiger partial charge in [0.05, 0.1) is 22.4 Å². The summed E-state index contributed by atoms with van der Waals surface area (Å²) in [4.78, 5) is 27.5. The summed E-state index contributed by atoms with van der Waals surface area (Å²) in [6, 6.07) is 15.6. The molecule has 6 nitrogen and oxygen atoms in total. The SMILES string of the molecule is Cn1c(=O)n(CCC(=O)Nc2ccccc2N2CCCCC2)c2ccccc21. The number of piperidine rings is 1. The van der Waals surface area contributed by atoms with Gasteiger partial charge in [0.2, 0.25) is 5.91 Å². The van der Waals surface area contributed by atoms with Crippen molar-refractivity contribution in [1.82, 2.24) is 9.13 Å². The fraction of sp³-hybridized carbons (Fsp3) is 0.364. The van der Waals surface area contributed by atoms with E-state index in [1.807, 2.05) is 42.5 Å². The third kappa shape index (κ3) is 3.54. The molecule has 2 heterocycles. The van der Waals surface area contributed by atoms with E-state index in [-0.39, 0.29) is 18.0 Å². The Hall–Kier alpha value is -3.02. The number of hydrogen-bond acceptors (Lipinski definition) is 3. The van der Waals surface area contributed by atoms with Crippen molar-refractivity contribution in [3.8, 4) is 0 Å². The highest BCUT2D eigenvalue weighted by molar-refractivity contribution is 5.94. The van der Waals surface area contributed by atoms with Crippen LogP contribution in [0.3, 0.4) is 0 Å². The monoisotopic (exact) mass is 378 g/mol. The first-order valence-electron chi connectivity index (χ1n) is 9.93. The van der Waals surface area contributed by atoms with Crippen LogP contribution in [-0.4, -0.2) is 28.1 Å². The topological polar surface area (TPSA) is 59.3 Å². The summed E-state index contributed by atoms with van der Waals surface area (Å²) < 4.78 is 3.30. The molecule has 1 saturated heterocycles. The standard InChI is InChI=1S/C22H26N4O2/c1-24-19-11-5-6-12-20(19)26(22(24)28)16-13-21(27)23-17-9-3-4-10-18(17)25-14-7-2-8-15-25/h3-6,9-12H,2,7-8,13-16H2,1H3,(H,23,27). The molecule has 4 rings (SSSR count). The molecule has 1 amide bonds. The number of anilines is 2. The lowest BCUT2D eigenvalue weighted by molar-refractivity contribution is -0.116. The number of aromatic nitrogens is 2. The zero-order valence-electron chi connectivity index (χ0n) is 16.2. The lowest BCUT2D eigenvalue weighted by Crippen LogP contribution is -2.30. The van der Waals surface area contributed by atoms with Crippen LogP contribution in [0, 0.1) is 0 Å². The molecule has 146 valence electrons. The number of carbonyl (C=O) groups excluding carboxylic acids is 1. The van der Waals surface area contributed by atoms with Gasteiger partial charge >= 0.3 is 5.69 Å². The maximum absolute atomic E-state index is 12.6. The van der Waals surface area contributed by atoms with Gasteiger partial charge in [0.15, 0.2) is 0 Å². The molecule has 28 heavy (non-hydrogen) atoms. The fourth-order valence-corrected chi connectivity index (χ4v) is 4.00. The molecule has 2 aromatic carbocycles. The highest BCUT2D eigenvalue weighted by Crippen LogP contribution is 2.28. The normalized spacial score (nSPS) is 14.4. The number of imidazole rings is 1. The average Bonchev–Trinajstić information content (AvgIpc) is 2.98. The van der Waals surface area contributed by atoms with E-state index in [0.717, 1.165) is 35.5 Å². The summed E-state index contributed by atoms with van der Waals surface area (Å²) in [7, 11) is 1.76. The summed E-state index contributed by atoms with van der Waals surface area (Å²) in [6.07, 6.45) is 3.89. The van der Waals surface area contributed by atoms with Crippen molar-refractivity contribution in [2.24, 2.45) is 7.05 Å².